The lowest BCUT2D eigenvalue weighted by Gasteiger charge is -2.30. The second-order valence-electron chi connectivity index (χ2n) is 5.21. The van der Waals surface area contributed by atoms with Crippen LogP contribution in [0.2, 0.25) is 0 Å². The van der Waals surface area contributed by atoms with Crippen LogP contribution in [0.1, 0.15) is 30.6 Å². The molecule has 1 aromatic carbocycles. The second-order valence-corrected chi connectivity index (χ2v) is 5.21. The fourth-order valence-electron chi connectivity index (χ4n) is 2.43. The Bertz CT molecular complexity index is 490. The largest absolute Gasteiger partial charge is 0.489 e. The molecule has 1 amide bonds. The zero-order chi connectivity index (χ0) is 15.2. The van der Waals surface area contributed by atoms with Crippen LogP contribution in [0.5, 0.6) is 5.75 Å². The topological polar surface area (TPSA) is 50.8 Å². The Labute approximate surface area is 126 Å². The summed E-state index contributed by atoms with van der Waals surface area (Å²) in [5.74, 6) is 0.668. The minimum Gasteiger partial charge on any atom is -0.489 e. The summed E-state index contributed by atoms with van der Waals surface area (Å²) in [6, 6.07) is 5.82. The second kappa shape index (κ2) is 7.31. The molecule has 0 radical (unpaired) electrons. The zero-order valence-electron chi connectivity index (χ0n) is 13.0. The minimum absolute atomic E-state index is 0.00181. The molecule has 5 nitrogen and oxygen atoms in total. The van der Waals surface area contributed by atoms with Crippen molar-refractivity contribution in [1.82, 2.24) is 4.90 Å². The van der Waals surface area contributed by atoms with Crippen LogP contribution in [-0.4, -0.2) is 50.3 Å². The van der Waals surface area contributed by atoms with Crippen LogP contribution in [0.3, 0.4) is 0 Å². The third-order valence-electron chi connectivity index (χ3n) is 3.83. The third-order valence-corrected chi connectivity index (χ3v) is 3.83. The van der Waals surface area contributed by atoms with E-state index < -0.39 is 0 Å². The molecule has 0 aliphatic carbocycles. The highest BCUT2D eigenvalue weighted by molar-refractivity contribution is 5.99. The first-order valence-electron chi connectivity index (χ1n) is 7.48. The van der Waals surface area contributed by atoms with Gasteiger partial charge >= 0.3 is 0 Å². The fraction of sp³-hybridized carbons (Fsp3) is 0.562. The van der Waals surface area contributed by atoms with Crippen LogP contribution in [0.4, 0.5) is 5.69 Å². The van der Waals surface area contributed by atoms with E-state index >= 15 is 0 Å². The van der Waals surface area contributed by atoms with E-state index in [0.717, 1.165) is 18.7 Å². The number of benzene rings is 1. The third kappa shape index (κ3) is 3.47. The lowest BCUT2D eigenvalue weighted by Crippen LogP contribution is -2.41. The monoisotopic (exact) mass is 292 g/mol. The van der Waals surface area contributed by atoms with Gasteiger partial charge in [-0.25, -0.2) is 0 Å². The summed E-state index contributed by atoms with van der Waals surface area (Å²) >= 11 is 0. The van der Waals surface area contributed by atoms with Gasteiger partial charge < -0.3 is 19.7 Å². The van der Waals surface area contributed by atoms with Crippen LogP contribution >= 0.6 is 0 Å². The molecule has 2 rings (SSSR count). The van der Waals surface area contributed by atoms with Gasteiger partial charge in [-0.05, 0) is 25.5 Å². The SMILES string of the molecule is CCC(C)N(CCOC)C(=O)c1cccc2c1OCCN2. The van der Waals surface area contributed by atoms with Crippen LogP contribution < -0.4 is 10.1 Å². The standard InChI is InChI=1S/C16H24N2O3/c1-4-12(2)18(9-11-20-3)16(19)13-6-5-7-14-15(13)21-10-8-17-14/h5-7,12,17H,4,8-11H2,1-3H3. The van der Waals surface area contributed by atoms with Gasteiger partial charge in [-0.2, -0.15) is 0 Å². The highest BCUT2D eigenvalue weighted by Crippen LogP contribution is 2.32. The first kappa shape index (κ1) is 15.6. The Balaban J connectivity index is 2.28. The predicted molar refractivity (Wildman–Crippen MR) is 83.1 cm³/mol. The lowest BCUT2D eigenvalue weighted by atomic mass is 10.1. The van der Waals surface area contributed by atoms with Crippen molar-refractivity contribution in [2.24, 2.45) is 0 Å². The highest BCUT2D eigenvalue weighted by atomic mass is 16.5. The molecule has 21 heavy (non-hydrogen) atoms. The molecule has 0 bridgehead atoms. The Kier molecular flexibility index (Phi) is 5.44. The van der Waals surface area contributed by atoms with Crippen molar-refractivity contribution in [1.29, 1.82) is 0 Å². The molecule has 116 valence electrons. The van der Waals surface area contributed by atoms with Crippen LogP contribution in [-0.2, 0) is 4.74 Å². The molecular formula is C16H24N2O3. The average molecular weight is 292 g/mol. The van der Waals surface area contributed by atoms with E-state index in [1.807, 2.05) is 23.1 Å². The summed E-state index contributed by atoms with van der Waals surface area (Å²) in [5.41, 5.74) is 1.51. The van der Waals surface area contributed by atoms with E-state index in [9.17, 15) is 4.79 Å². The van der Waals surface area contributed by atoms with E-state index in [4.69, 9.17) is 9.47 Å². The number of rotatable bonds is 6. The number of carbonyl (C=O) groups excluding carboxylic acids is 1. The van der Waals surface area contributed by atoms with Crippen molar-refractivity contribution >= 4 is 11.6 Å². The predicted octanol–water partition coefficient (Wildman–Crippen LogP) is 2.38. The van der Waals surface area contributed by atoms with E-state index in [1.54, 1.807) is 7.11 Å². The molecule has 1 unspecified atom stereocenters. The molecule has 1 aliphatic heterocycles. The van der Waals surface area contributed by atoms with Gasteiger partial charge in [0, 0.05) is 26.2 Å². The maximum atomic E-state index is 12.9. The summed E-state index contributed by atoms with van der Waals surface area (Å²) in [7, 11) is 1.65. The molecule has 1 heterocycles. The number of para-hydroxylation sites is 1. The maximum absolute atomic E-state index is 12.9. The Morgan fingerprint density at radius 2 is 2.33 bits per heavy atom. The number of nitrogens with zero attached hydrogens (tertiary/aromatic N) is 1. The number of anilines is 1. The smallest absolute Gasteiger partial charge is 0.258 e. The van der Waals surface area contributed by atoms with Gasteiger partial charge in [0.05, 0.1) is 17.9 Å². The molecule has 1 atom stereocenters. The Morgan fingerprint density at radius 1 is 1.52 bits per heavy atom. The number of hydrogen-bond acceptors (Lipinski definition) is 4. The van der Waals surface area contributed by atoms with Crippen molar-refractivity contribution < 1.29 is 14.3 Å². The summed E-state index contributed by atoms with van der Waals surface area (Å²) < 4.78 is 10.8. The van der Waals surface area contributed by atoms with Gasteiger partial charge in [-0.1, -0.05) is 13.0 Å². The molecule has 0 spiro atoms. The zero-order valence-corrected chi connectivity index (χ0v) is 13.0. The van der Waals surface area contributed by atoms with Crippen molar-refractivity contribution in [3.63, 3.8) is 0 Å². The average Bonchev–Trinajstić information content (AvgIpc) is 2.54. The van der Waals surface area contributed by atoms with Crippen LogP contribution in [0, 0.1) is 0 Å². The van der Waals surface area contributed by atoms with Gasteiger partial charge in [0.25, 0.3) is 5.91 Å². The van der Waals surface area contributed by atoms with Gasteiger partial charge in [-0.3, -0.25) is 4.79 Å². The minimum atomic E-state index is 0.00181. The van der Waals surface area contributed by atoms with Gasteiger partial charge in [0.2, 0.25) is 0 Å². The summed E-state index contributed by atoms with van der Waals surface area (Å²) in [5, 5.41) is 3.26. The van der Waals surface area contributed by atoms with Gasteiger partial charge in [0.1, 0.15) is 6.61 Å². The molecule has 1 aromatic rings. The number of carbonyl (C=O) groups is 1. The summed E-state index contributed by atoms with van der Waals surface area (Å²) in [6.45, 7) is 6.60. The fourth-order valence-corrected chi connectivity index (χ4v) is 2.43. The summed E-state index contributed by atoms with van der Waals surface area (Å²) in [6.07, 6.45) is 0.906. The number of hydrogen-bond donors (Lipinski definition) is 1. The van der Waals surface area contributed by atoms with E-state index in [1.165, 1.54) is 0 Å². The molecule has 1 aliphatic rings. The highest BCUT2D eigenvalue weighted by Gasteiger charge is 2.25. The van der Waals surface area contributed by atoms with Crippen LogP contribution in [0.15, 0.2) is 18.2 Å². The van der Waals surface area contributed by atoms with Gasteiger partial charge in [0.15, 0.2) is 5.75 Å². The molecular weight excluding hydrogens is 268 g/mol. The Morgan fingerprint density at radius 3 is 3.05 bits per heavy atom. The van der Waals surface area contributed by atoms with Crippen molar-refractivity contribution in [3.8, 4) is 5.75 Å². The van der Waals surface area contributed by atoms with E-state index in [0.29, 0.717) is 31.1 Å². The van der Waals surface area contributed by atoms with Gasteiger partial charge in [-0.15, -0.1) is 0 Å². The van der Waals surface area contributed by atoms with Crippen molar-refractivity contribution in [2.75, 3.05) is 38.7 Å². The number of methoxy groups -OCH3 is 1. The maximum Gasteiger partial charge on any atom is 0.258 e. The normalized spacial score (nSPS) is 14.6. The lowest BCUT2D eigenvalue weighted by molar-refractivity contribution is 0.0609. The van der Waals surface area contributed by atoms with Crippen molar-refractivity contribution in [2.45, 2.75) is 26.3 Å². The number of nitrogens with one attached hydrogen (secondary N) is 1. The first-order valence-corrected chi connectivity index (χ1v) is 7.48. The van der Waals surface area contributed by atoms with Crippen molar-refractivity contribution in [3.05, 3.63) is 23.8 Å². The van der Waals surface area contributed by atoms with E-state index in [2.05, 4.69) is 19.2 Å². The quantitative estimate of drug-likeness (QED) is 0.874. The summed E-state index contributed by atoms with van der Waals surface area (Å²) in [4.78, 5) is 14.7. The molecule has 0 saturated heterocycles. The number of ether oxygens (including phenoxy) is 2. The molecule has 0 aromatic heterocycles. The first-order chi connectivity index (χ1) is 10.2. The molecule has 0 fully saturated rings. The number of fused-ring (bicyclic) bond motifs is 1. The molecule has 5 heteroatoms. The van der Waals surface area contributed by atoms with E-state index in [-0.39, 0.29) is 11.9 Å². The molecule has 1 N–H and O–H groups in total. The number of amides is 1. The van der Waals surface area contributed by atoms with Crippen LogP contribution in [0.25, 0.3) is 0 Å². The Hall–Kier alpha value is -1.75. The molecule has 0 saturated carbocycles.